The van der Waals surface area contributed by atoms with Crippen LogP contribution in [0.4, 0.5) is 0 Å². The van der Waals surface area contributed by atoms with Crippen molar-refractivity contribution in [2.75, 3.05) is 6.54 Å². The Morgan fingerprint density at radius 3 is 2.53 bits per heavy atom. The number of nitrogens with one attached hydrogen (secondary N) is 1. The Bertz CT molecular complexity index is 1230. The van der Waals surface area contributed by atoms with Crippen LogP contribution in [-0.2, 0) is 9.59 Å². The lowest BCUT2D eigenvalue weighted by Crippen LogP contribution is -2.50. The first-order chi connectivity index (χ1) is 17.3. The molecular formula is C26H32N6O3S. The maximum atomic E-state index is 13.7. The standard InChI is InChI=1S/C26H32N6O3S/c1-15-12-32(30-29-15)23(19-5-4-6-19)26(35)31-13-21(33)11-22(31)25(34)28-16(2)18-7-9-20(10-8-18)24-17(3)27-14-36-24/h7-10,12,14,16,19,21-23,33H,4-6,11,13H2,1-3H3,(H,28,34)/t16-,21+,22-,23-/m0/s1. The molecule has 1 aliphatic carbocycles. The second-order valence-electron chi connectivity index (χ2n) is 9.99. The Kier molecular flexibility index (Phi) is 6.90. The number of carbonyl (C=O) groups is 2. The van der Waals surface area contributed by atoms with E-state index in [9.17, 15) is 14.7 Å². The molecule has 9 nitrogen and oxygen atoms in total. The van der Waals surface area contributed by atoms with Gasteiger partial charge in [-0.05, 0) is 50.7 Å². The van der Waals surface area contributed by atoms with E-state index in [1.54, 1.807) is 27.1 Å². The molecule has 1 aliphatic heterocycles. The molecule has 1 saturated heterocycles. The molecule has 1 saturated carbocycles. The number of hydrogen-bond donors (Lipinski definition) is 2. The predicted octanol–water partition coefficient (Wildman–Crippen LogP) is 3.20. The molecule has 3 heterocycles. The Morgan fingerprint density at radius 2 is 1.94 bits per heavy atom. The van der Waals surface area contributed by atoms with Crippen LogP contribution < -0.4 is 5.32 Å². The maximum absolute atomic E-state index is 13.7. The Morgan fingerprint density at radius 1 is 1.19 bits per heavy atom. The van der Waals surface area contributed by atoms with Gasteiger partial charge >= 0.3 is 0 Å². The van der Waals surface area contributed by atoms with Crippen molar-refractivity contribution in [2.45, 2.75) is 70.7 Å². The molecule has 5 rings (SSSR count). The zero-order valence-electron chi connectivity index (χ0n) is 20.8. The molecule has 4 atom stereocenters. The second-order valence-corrected chi connectivity index (χ2v) is 10.8. The van der Waals surface area contributed by atoms with Crippen molar-refractivity contribution >= 4 is 23.2 Å². The van der Waals surface area contributed by atoms with Crippen molar-refractivity contribution in [2.24, 2.45) is 5.92 Å². The Labute approximate surface area is 214 Å². The summed E-state index contributed by atoms with van der Waals surface area (Å²) in [5, 5.41) is 21.7. The zero-order valence-corrected chi connectivity index (χ0v) is 21.6. The molecule has 2 fully saturated rings. The first-order valence-corrected chi connectivity index (χ1v) is 13.4. The van der Waals surface area contributed by atoms with E-state index in [4.69, 9.17) is 0 Å². The van der Waals surface area contributed by atoms with Crippen LogP contribution in [0.15, 0.2) is 36.0 Å². The molecule has 0 spiro atoms. The van der Waals surface area contributed by atoms with Crippen LogP contribution in [0.2, 0.25) is 0 Å². The van der Waals surface area contributed by atoms with Crippen molar-refractivity contribution in [1.29, 1.82) is 0 Å². The minimum absolute atomic E-state index is 0.144. The van der Waals surface area contributed by atoms with E-state index in [0.717, 1.165) is 46.7 Å². The van der Waals surface area contributed by atoms with Gasteiger partial charge < -0.3 is 15.3 Å². The second kappa shape index (κ2) is 10.1. The number of carbonyl (C=O) groups excluding carboxylic acids is 2. The summed E-state index contributed by atoms with van der Waals surface area (Å²) in [4.78, 5) is 34.1. The number of rotatable bonds is 7. The van der Waals surface area contributed by atoms with Crippen LogP contribution in [-0.4, -0.2) is 60.5 Å². The molecule has 0 unspecified atom stereocenters. The number of aliphatic hydroxyl groups is 1. The number of benzene rings is 1. The number of aromatic nitrogens is 4. The lowest BCUT2D eigenvalue weighted by Gasteiger charge is -2.36. The summed E-state index contributed by atoms with van der Waals surface area (Å²) in [6.45, 7) is 5.90. The zero-order chi connectivity index (χ0) is 25.4. The highest BCUT2D eigenvalue weighted by Crippen LogP contribution is 2.38. The van der Waals surface area contributed by atoms with Gasteiger partial charge in [-0.1, -0.05) is 35.9 Å². The Hall–Kier alpha value is -3.11. The highest BCUT2D eigenvalue weighted by molar-refractivity contribution is 7.13. The van der Waals surface area contributed by atoms with E-state index in [2.05, 4.69) is 20.6 Å². The molecule has 0 radical (unpaired) electrons. The summed E-state index contributed by atoms with van der Waals surface area (Å²) >= 11 is 1.60. The normalized spacial score (nSPS) is 21.7. The molecule has 2 N–H and O–H groups in total. The molecule has 0 bridgehead atoms. The summed E-state index contributed by atoms with van der Waals surface area (Å²) in [5.74, 6) is -0.255. The van der Waals surface area contributed by atoms with E-state index in [-0.39, 0.29) is 36.7 Å². The molecule has 10 heteroatoms. The van der Waals surface area contributed by atoms with Gasteiger partial charge in [0.15, 0.2) is 0 Å². The van der Waals surface area contributed by atoms with Crippen molar-refractivity contribution in [3.8, 4) is 10.4 Å². The molecule has 1 aromatic carbocycles. The third-order valence-corrected chi connectivity index (χ3v) is 8.38. The molecule has 2 amide bonds. The number of hydrogen-bond acceptors (Lipinski definition) is 7. The Balaban J connectivity index is 1.29. The van der Waals surface area contributed by atoms with Gasteiger partial charge in [-0.2, -0.15) is 0 Å². The minimum Gasteiger partial charge on any atom is -0.391 e. The van der Waals surface area contributed by atoms with E-state index < -0.39 is 18.2 Å². The molecule has 2 aliphatic rings. The fourth-order valence-electron chi connectivity index (χ4n) is 5.16. The highest BCUT2D eigenvalue weighted by atomic mass is 32.1. The smallest absolute Gasteiger partial charge is 0.248 e. The van der Waals surface area contributed by atoms with Gasteiger partial charge in [-0.25, -0.2) is 9.67 Å². The highest BCUT2D eigenvalue weighted by Gasteiger charge is 2.45. The third kappa shape index (κ3) is 4.79. The number of thiazole rings is 1. The summed E-state index contributed by atoms with van der Waals surface area (Å²) in [6, 6.07) is 6.62. The van der Waals surface area contributed by atoms with E-state index in [1.165, 1.54) is 0 Å². The van der Waals surface area contributed by atoms with Gasteiger partial charge in [0.1, 0.15) is 12.1 Å². The van der Waals surface area contributed by atoms with Gasteiger partial charge in [0.2, 0.25) is 11.8 Å². The first kappa shape index (κ1) is 24.6. The molecule has 3 aromatic rings. The quantitative estimate of drug-likeness (QED) is 0.507. The number of amides is 2. The molecular weight excluding hydrogens is 476 g/mol. The average Bonchev–Trinajstić information content (AvgIpc) is 3.55. The van der Waals surface area contributed by atoms with E-state index in [1.807, 2.05) is 50.5 Å². The van der Waals surface area contributed by atoms with Gasteiger partial charge in [-0.15, -0.1) is 16.4 Å². The van der Waals surface area contributed by atoms with Crippen LogP contribution in [0.3, 0.4) is 0 Å². The van der Waals surface area contributed by atoms with Gasteiger partial charge in [0.25, 0.3) is 0 Å². The number of aliphatic hydroxyl groups excluding tert-OH is 1. The van der Waals surface area contributed by atoms with Crippen molar-refractivity contribution in [3.63, 3.8) is 0 Å². The van der Waals surface area contributed by atoms with Crippen LogP contribution in [0, 0.1) is 19.8 Å². The summed E-state index contributed by atoms with van der Waals surface area (Å²) in [7, 11) is 0. The minimum atomic E-state index is -0.735. The fourth-order valence-corrected chi connectivity index (χ4v) is 5.97. The van der Waals surface area contributed by atoms with Gasteiger partial charge in [-0.3, -0.25) is 9.59 Å². The number of nitrogens with zero attached hydrogens (tertiary/aromatic N) is 5. The molecule has 36 heavy (non-hydrogen) atoms. The van der Waals surface area contributed by atoms with E-state index in [0.29, 0.717) is 0 Å². The monoisotopic (exact) mass is 508 g/mol. The lowest BCUT2D eigenvalue weighted by atomic mass is 9.79. The summed E-state index contributed by atoms with van der Waals surface area (Å²) in [6.07, 6.45) is 4.23. The van der Waals surface area contributed by atoms with Crippen LogP contribution in [0.1, 0.15) is 61.6 Å². The van der Waals surface area contributed by atoms with E-state index >= 15 is 0 Å². The number of β-amino-alcohol motifs (C(OH)–C–C–N with tert-alkyl or cyclic N) is 1. The van der Waals surface area contributed by atoms with Gasteiger partial charge in [0.05, 0.1) is 33.9 Å². The molecule has 190 valence electrons. The largest absolute Gasteiger partial charge is 0.391 e. The number of likely N-dealkylation sites (tertiary alicyclic amines) is 1. The van der Waals surface area contributed by atoms with Crippen molar-refractivity contribution in [1.82, 2.24) is 30.2 Å². The van der Waals surface area contributed by atoms with Crippen LogP contribution in [0.5, 0.6) is 0 Å². The molecule has 2 aromatic heterocycles. The summed E-state index contributed by atoms with van der Waals surface area (Å²) in [5.41, 5.74) is 5.65. The topological polar surface area (TPSA) is 113 Å². The summed E-state index contributed by atoms with van der Waals surface area (Å²) < 4.78 is 1.64. The van der Waals surface area contributed by atoms with Crippen molar-refractivity contribution < 1.29 is 14.7 Å². The predicted molar refractivity (Wildman–Crippen MR) is 136 cm³/mol. The average molecular weight is 509 g/mol. The fraction of sp³-hybridized carbons (Fsp3) is 0.500. The van der Waals surface area contributed by atoms with Crippen LogP contribution >= 0.6 is 11.3 Å². The SMILES string of the molecule is Cc1cn([C@H](C(=O)N2C[C@H](O)C[C@H]2C(=O)N[C@@H](C)c2ccc(-c3scnc3C)cc2)C2CCC2)nn1. The van der Waals surface area contributed by atoms with Crippen LogP contribution in [0.25, 0.3) is 10.4 Å². The maximum Gasteiger partial charge on any atom is 0.248 e. The van der Waals surface area contributed by atoms with Gasteiger partial charge in [0, 0.05) is 19.2 Å². The lowest BCUT2D eigenvalue weighted by molar-refractivity contribution is -0.144. The third-order valence-electron chi connectivity index (χ3n) is 7.40. The number of aryl methyl sites for hydroxylation is 2. The van der Waals surface area contributed by atoms with Crippen molar-refractivity contribution in [3.05, 3.63) is 52.9 Å². The first-order valence-electron chi connectivity index (χ1n) is 12.5.